The van der Waals surface area contributed by atoms with Crippen molar-refractivity contribution in [3.63, 3.8) is 0 Å². The number of nitrogens with zero attached hydrogens (tertiary/aromatic N) is 3. The zero-order valence-corrected chi connectivity index (χ0v) is 10.8. The van der Waals surface area contributed by atoms with Gasteiger partial charge in [0.1, 0.15) is 6.33 Å². The standard InChI is InChI=1S/C11H11BrN4O/c1-16-7-13-15-11(16)8-2-4-9(5-3-8)14-10(17)6-12/h2-5,7H,6H2,1H3,(H,14,17). The average Bonchev–Trinajstić information content (AvgIpc) is 2.76. The van der Waals surface area contributed by atoms with Crippen LogP contribution in [0.2, 0.25) is 0 Å². The fourth-order valence-electron chi connectivity index (χ4n) is 1.44. The molecule has 1 N–H and O–H groups in total. The Kier molecular flexibility index (Phi) is 3.53. The zero-order valence-electron chi connectivity index (χ0n) is 9.22. The maximum atomic E-state index is 11.2. The molecular formula is C11H11BrN4O. The lowest BCUT2D eigenvalue weighted by Crippen LogP contribution is -2.11. The largest absolute Gasteiger partial charge is 0.325 e. The summed E-state index contributed by atoms with van der Waals surface area (Å²) in [5.74, 6) is 0.722. The minimum Gasteiger partial charge on any atom is -0.325 e. The topological polar surface area (TPSA) is 59.8 Å². The van der Waals surface area contributed by atoms with E-state index < -0.39 is 0 Å². The molecule has 88 valence electrons. The van der Waals surface area contributed by atoms with Gasteiger partial charge in [-0.2, -0.15) is 0 Å². The molecule has 0 saturated carbocycles. The summed E-state index contributed by atoms with van der Waals surface area (Å²) < 4.78 is 1.84. The Balaban J connectivity index is 2.19. The van der Waals surface area contributed by atoms with Crippen molar-refractivity contribution in [2.24, 2.45) is 7.05 Å². The molecule has 0 spiro atoms. The van der Waals surface area contributed by atoms with E-state index in [4.69, 9.17) is 0 Å². The van der Waals surface area contributed by atoms with Crippen LogP contribution in [-0.2, 0) is 11.8 Å². The fraction of sp³-hybridized carbons (Fsp3) is 0.182. The number of aromatic nitrogens is 3. The van der Waals surface area contributed by atoms with Crippen molar-refractivity contribution < 1.29 is 4.79 Å². The van der Waals surface area contributed by atoms with Crippen LogP contribution in [0.1, 0.15) is 0 Å². The van der Waals surface area contributed by atoms with Crippen molar-refractivity contribution in [3.8, 4) is 11.4 Å². The summed E-state index contributed by atoms with van der Waals surface area (Å²) in [6.07, 6.45) is 1.65. The van der Waals surface area contributed by atoms with E-state index >= 15 is 0 Å². The highest BCUT2D eigenvalue weighted by molar-refractivity contribution is 9.09. The molecule has 0 aliphatic rings. The van der Waals surface area contributed by atoms with E-state index in [9.17, 15) is 4.79 Å². The van der Waals surface area contributed by atoms with Gasteiger partial charge in [-0.05, 0) is 24.3 Å². The van der Waals surface area contributed by atoms with Crippen LogP contribution in [0.3, 0.4) is 0 Å². The van der Waals surface area contributed by atoms with Gasteiger partial charge in [0.05, 0.1) is 5.33 Å². The van der Waals surface area contributed by atoms with E-state index in [0.717, 1.165) is 17.1 Å². The SMILES string of the molecule is Cn1cnnc1-c1ccc(NC(=O)CBr)cc1. The molecule has 0 saturated heterocycles. The molecule has 6 heteroatoms. The summed E-state index contributed by atoms with van der Waals surface area (Å²) in [4.78, 5) is 11.2. The van der Waals surface area contributed by atoms with Gasteiger partial charge in [-0.25, -0.2) is 0 Å². The zero-order chi connectivity index (χ0) is 12.3. The van der Waals surface area contributed by atoms with E-state index in [1.165, 1.54) is 0 Å². The molecule has 0 radical (unpaired) electrons. The number of aryl methyl sites for hydroxylation is 1. The van der Waals surface area contributed by atoms with Crippen molar-refractivity contribution in [1.82, 2.24) is 14.8 Å². The van der Waals surface area contributed by atoms with Crippen LogP contribution in [-0.4, -0.2) is 26.0 Å². The van der Waals surface area contributed by atoms with Crippen molar-refractivity contribution in [2.45, 2.75) is 0 Å². The molecule has 0 aliphatic heterocycles. The lowest BCUT2D eigenvalue weighted by atomic mass is 10.2. The minimum absolute atomic E-state index is 0.0728. The summed E-state index contributed by atoms with van der Waals surface area (Å²) >= 11 is 3.09. The van der Waals surface area contributed by atoms with Gasteiger partial charge < -0.3 is 9.88 Å². The summed E-state index contributed by atoms with van der Waals surface area (Å²) in [5.41, 5.74) is 1.72. The highest BCUT2D eigenvalue weighted by Crippen LogP contribution is 2.18. The quantitative estimate of drug-likeness (QED) is 0.879. The molecular weight excluding hydrogens is 284 g/mol. The van der Waals surface area contributed by atoms with E-state index in [0.29, 0.717) is 0 Å². The van der Waals surface area contributed by atoms with Gasteiger partial charge >= 0.3 is 0 Å². The highest BCUT2D eigenvalue weighted by atomic mass is 79.9. The van der Waals surface area contributed by atoms with Crippen LogP contribution in [0.5, 0.6) is 0 Å². The number of anilines is 1. The van der Waals surface area contributed by atoms with E-state index in [1.807, 2.05) is 35.9 Å². The molecule has 17 heavy (non-hydrogen) atoms. The van der Waals surface area contributed by atoms with Crippen molar-refractivity contribution >= 4 is 27.5 Å². The van der Waals surface area contributed by atoms with Gasteiger partial charge in [-0.15, -0.1) is 10.2 Å². The smallest absolute Gasteiger partial charge is 0.235 e. The lowest BCUT2D eigenvalue weighted by Gasteiger charge is -2.04. The van der Waals surface area contributed by atoms with E-state index in [1.54, 1.807) is 6.33 Å². The number of carbonyl (C=O) groups excluding carboxylic acids is 1. The van der Waals surface area contributed by atoms with Crippen LogP contribution in [0.15, 0.2) is 30.6 Å². The Morgan fingerprint density at radius 3 is 2.65 bits per heavy atom. The molecule has 0 atom stereocenters. The second kappa shape index (κ2) is 5.09. The Morgan fingerprint density at radius 2 is 2.12 bits per heavy atom. The fourth-order valence-corrected chi connectivity index (χ4v) is 1.58. The van der Waals surface area contributed by atoms with E-state index in [2.05, 4.69) is 31.4 Å². The molecule has 1 aromatic heterocycles. The predicted molar refractivity (Wildman–Crippen MR) is 68.9 cm³/mol. The minimum atomic E-state index is -0.0728. The maximum Gasteiger partial charge on any atom is 0.235 e. The van der Waals surface area contributed by atoms with Crippen LogP contribution >= 0.6 is 15.9 Å². The number of hydrogen-bond acceptors (Lipinski definition) is 3. The molecule has 5 nitrogen and oxygen atoms in total. The monoisotopic (exact) mass is 294 g/mol. The van der Waals surface area contributed by atoms with Crippen molar-refractivity contribution in [2.75, 3.05) is 10.6 Å². The van der Waals surface area contributed by atoms with Gasteiger partial charge in [-0.3, -0.25) is 4.79 Å². The summed E-state index contributed by atoms with van der Waals surface area (Å²) in [5, 5.41) is 10.9. The van der Waals surface area contributed by atoms with Crippen molar-refractivity contribution in [3.05, 3.63) is 30.6 Å². The number of nitrogens with one attached hydrogen (secondary N) is 1. The molecule has 2 rings (SSSR count). The summed E-state index contributed by atoms with van der Waals surface area (Å²) in [7, 11) is 1.88. The third kappa shape index (κ3) is 2.71. The van der Waals surface area contributed by atoms with Gasteiger partial charge in [0.15, 0.2) is 5.82 Å². The second-order valence-corrected chi connectivity index (χ2v) is 4.09. The van der Waals surface area contributed by atoms with Gasteiger partial charge in [0, 0.05) is 18.3 Å². The van der Waals surface area contributed by atoms with Crippen LogP contribution < -0.4 is 5.32 Å². The number of amides is 1. The molecule has 1 amide bonds. The number of alkyl halides is 1. The molecule has 0 fully saturated rings. The highest BCUT2D eigenvalue weighted by Gasteiger charge is 2.05. The first-order chi connectivity index (χ1) is 8.20. The second-order valence-electron chi connectivity index (χ2n) is 3.52. The van der Waals surface area contributed by atoms with Crippen molar-refractivity contribution in [1.29, 1.82) is 0 Å². The van der Waals surface area contributed by atoms with Crippen LogP contribution in [0, 0.1) is 0 Å². The Bertz CT molecular complexity index is 521. The average molecular weight is 295 g/mol. The first-order valence-corrected chi connectivity index (χ1v) is 6.13. The Hall–Kier alpha value is -1.69. The maximum absolute atomic E-state index is 11.2. The molecule has 1 aromatic carbocycles. The molecule has 2 aromatic rings. The Morgan fingerprint density at radius 1 is 1.41 bits per heavy atom. The molecule has 0 unspecified atom stereocenters. The summed E-state index contributed by atoms with van der Waals surface area (Å²) in [6.45, 7) is 0. The predicted octanol–water partition coefficient (Wildman–Crippen LogP) is 1.82. The first-order valence-electron chi connectivity index (χ1n) is 5.01. The lowest BCUT2D eigenvalue weighted by molar-refractivity contribution is -0.113. The third-order valence-electron chi connectivity index (χ3n) is 2.26. The normalized spacial score (nSPS) is 10.2. The molecule has 0 bridgehead atoms. The van der Waals surface area contributed by atoms with Gasteiger partial charge in [0.25, 0.3) is 0 Å². The number of halogens is 1. The third-order valence-corrected chi connectivity index (χ3v) is 2.77. The Labute approximate surface area is 107 Å². The van der Waals surface area contributed by atoms with Gasteiger partial charge in [-0.1, -0.05) is 15.9 Å². The van der Waals surface area contributed by atoms with Gasteiger partial charge in [0.2, 0.25) is 5.91 Å². The molecule has 1 heterocycles. The van der Waals surface area contributed by atoms with E-state index in [-0.39, 0.29) is 11.2 Å². The number of benzene rings is 1. The number of hydrogen-bond donors (Lipinski definition) is 1. The number of rotatable bonds is 3. The molecule has 0 aliphatic carbocycles. The first kappa shape index (κ1) is 11.8. The number of carbonyl (C=O) groups is 1. The van der Waals surface area contributed by atoms with Crippen LogP contribution in [0.4, 0.5) is 5.69 Å². The summed E-state index contributed by atoms with van der Waals surface area (Å²) in [6, 6.07) is 7.47. The van der Waals surface area contributed by atoms with Crippen LogP contribution in [0.25, 0.3) is 11.4 Å².